The molecule has 0 amide bonds. The molecular weight excluding hydrogens is 296 g/mol. The molecule has 0 aromatic heterocycles. The summed E-state index contributed by atoms with van der Waals surface area (Å²) in [5.41, 5.74) is 0. The van der Waals surface area contributed by atoms with Crippen molar-refractivity contribution in [3.8, 4) is 0 Å². The van der Waals surface area contributed by atoms with Crippen molar-refractivity contribution in [2.45, 2.75) is 11.0 Å². The predicted molar refractivity (Wildman–Crippen MR) is 73.9 cm³/mol. The average molecular weight is 311 g/mol. The van der Waals surface area contributed by atoms with Gasteiger partial charge in [-0.2, -0.15) is 11.8 Å². The Balaban J connectivity index is 2.48. The van der Waals surface area contributed by atoms with Crippen molar-refractivity contribution in [3.63, 3.8) is 0 Å². The highest BCUT2D eigenvalue weighted by Gasteiger charge is 2.14. The first-order valence-electron chi connectivity index (χ1n) is 5.30. The van der Waals surface area contributed by atoms with Gasteiger partial charge in [0, 0.05) is 16.5 Å². The van der Waals surface area contributed by atoms with E-state index < -0.39 is 15.9 Å². The summed E-state index contributed by atoms with van der Waals surface area (Å²) in [7, 11) is -3.31. The number of hydrogen-bond acceptors (Lipinski definition) is 5. The number of benzene rings is 1. The van der Waals surface area contributed by atoms with Crippen LogP contribution in [-0.4, -0.2) is 48.6 Å². The first kappa shape index (κ1) is 15.8. The van der Waals surface area contributed by atoms with Crippen LogP contribution in [0.3, 0.4) is 0 Å². The second-order valence-electron chi connectivity index (χ2n) is 3.68. The Morgan fingerprint density at radius 3 is 2.44 bits per heavy atom. The summed E-state index contributed by atoms with van der Waals surface area (Å²) >= 11 is 6.98. The zero-order valence-corrected chi connectivity index (χ0v) is 12.0. The lowest BCUT2D eigenvalue weighted by atomic mass is 10.4. The Morgan fingerprint density at radius 2 is 1.89 bits per heavy atom. The first-order chi connectivity index (χ1) is 8.45. The summed E-state index contributed by atoms with van der Waals surface area (Å²) in [5, 5.41) is 18.2. The van der Waals surface area contributed by atoms with E-state index in [1.807, 2.05) is 0 Å². The Morgan fingerprint density at radius 1 is 1.28 bits per heavy atom. The lowest BCUT2D eigenvalue weighted by molar-refractivity contribution is 0.113. The smallest absolute Gasteiger partial charge is 0.179 e. The summed E-state index contributed by atoms with van der Waals surface area (Å²) in [6.07, 6.45) is -0.798. The number of sulfone groups is 1. The fourth-order valence-electron chi connectivity index (χ4n) is 1.20. The van der Waals surface area contributed by atoms with E-state index in [-0.39, 0.29) is 17.3 Å². The highest BCUT2D eigenvalue weighted by atomic mass is 35.5. The molecule has 0 aliphatic rings. The molecule has 102 valence electrons. The Bertz CT molecular complexity index is 458. The molecule has 0 aliphatic heterocycles. The molecule has 2 N–H and O–H groups in total. The van der Waals surface area contributed by atoms with Gasteiger partial charge >= 0.3 is 0 Å². The van der Waals surface area contributed by atoms with Gasteiger partial charge in [-0.05, 0) is 24.3 Å². The first-order valence-corrected chi connectivity index (χ1v) is 8.49. The molecule has 1 unspecified atom stereocenters. The van der Waals surface area contributed by atoms with Crippen LogP contribution >= 0.6 is 23.4 Å². The van der Waals surface area contributed by atoms with E-state index in [4.69, 9.17) is 21.8 Å². The van der Waals surface area contributed by atoms with Crippen LogP contribution in [0.1, 0.15) is 0 Å². The van der Waals surface area contributed by atoms with E-state index in [9.17, 15) is 8.42 Å². The molecule has 1 atom stereocenters. The van der Waals surface area contributed by atoms with Crippen molar-refractivity contribution >= 4 is 33.2 Å². The van der Waals surface area contributed by atoms with E-state index >= 15 is 0 Å². The fourth-order valence-corrected chi connectivity index (χ4v) is 4.01. The van der Waals surface area contributed by atoms with Gasteiger partial charge in [-0.1, -0.05) is 11.6 Å². The summed E-state index contributed by atoms with van der Waals surface area (Å²) in [5.74, 6) is 0.701. The van der Waals surface area contributed by atoms with E-state index in [1.54, 1.807) is 0 Å². The second kappa shape index (κ2) is 7.35. The molecule has 0 bridgehead atoms. The summed E-state index contributed by atoms with van der Waals surface area (Å²) in [4.78, 5) is 0.246. The van der Waals surface area contributed by atoms with Crippen molar-refractivity contribution in [1.29, 1.82) is 0 Å². The summed E-state index contributed by atoms with van der Waals surface area (Å²) in [6.45, 7) is -0.309. The average Bonchev–Trinajstić information content (AvgIpc) is 2.35. The molecule has 1 aromatic rings. The van der Waals surface area contributed by atoms with E-state index in [2.05, 4.69) is 0 Å². The quantitative estimate of drug-likeness (QED) is 0.740. The highest BCUT2D eigenvalue weighted by molar-refractivity contribution is 8.00. The SMILES string of the molecule is O=S(=O)(CCSCC(O)CO)c1ccc(Cl)cc1. The normalized spacial score (nSPS) is 13.5. The molecule has 0 saturated heterocycles. The van der Waals surface area contributed by atoms with Crippen LogP contribution in [0.2, 0.25) is 5.02 Å². The molecule has 0 heterocycles. The van der Waals surface area contributed by atoms with Crippen molar-refractivity contribution in [2.24, 2.45) is 0 Å². The standard InChI is InChI=1S/C11H15ClO4S2/c12-9-1-3-11(4-2-9)18(15,16)6-5-17-8-10(14)7-13/h1-4,10,13-14H,5-8H2. The van der Waals surface area contributed by atoms with Crippen molar-refractivity contribution in [3.05, 3.63) is 29.3 Å². The molecule has 0 aliphatic carbocycles. The maximum Gasteiger partial charge on any atom is 0.179 e. The van der Waals surface area contributed by atoms with Crippen LogP contribution < -0.4 is 0 Å². The van der Waals surface area contributed by atoms with Crippen LogP contribution in [0, 0.1) is 0 Å². The van der Waals surface area contributed by atoms with Crippen LogP contribution in [0.4, 0.5) is 0 Å². The number of aliphatic hydroxyl groups is 2. The third-order valence-corrected chi connectivity index (χ3v) is 5.55. The number of halogens is 1. The minimum Gasteiger partial charge on any atom is -0.394 e. The van der Waals surface area contributed by atoms with Crippen LogP contribution in [0.25, 0.3) is 0 Å². The Labute approximate surface area is 116 Å². The fraction of sp³-hybridized carbons (Fsp3) is 0.455. The van der Waals surface area contributed by atoms with Gasteiger partial charge in [-0.3, -0.25) is 0 Å². The summed E-state index contributed by atoms with van der Waals surface area (Å²) in [6, 6.07) is 6.03. The topological polar surface area (TPSA) is 74.6 Å². The molecule has 0 saturated carbocycles. The second-order valence-corrected chi connectivity index (χ2v) is 7.38. The van der Waals surface area contributed by atoms with Gasteiger partial charge < -0.3 is 10.2 Å². The maximum absolute atomic E-state index is 11.9. The van der Waals surface area contributed by atoms with Gasteiger partial charge in [0.15, 0.2) is 9.84 Å². The molecule has 0 spiro atoms. The highest BCUT2D eigenvalue weighted by Crippen LogP contribution is 2.16. The van der Waals surface area contributed by atoms with Crippen molar-refractivity contribution < 1.29 is 18.6 Å². The lowest BCUT2D eigenvalue weighted by Crippen LogP contribution is -2.16. The van der Waals surface area contributed by atoms with E-state index in [0.29, 0.717) is 16.5 Å². The van der Waals surface area contributed by atoms with Gasteiger partial charge in [0.25, 0.3) is 0 Å². The number of thioether (sulfide) groups is 1. The van der Waals surface area contributed by atoms with Gasteiger partial charge in [-0.25, -0.2) is 8.42 Å². The minimum absolute atomic E-state index is 0.00253. The molecule has 7 heteroatoms. The van der Waals surface area contributed by atoms with Crippen LogP contribution in [-0.2, 0) is 9.84 Å². The van der Waals surface area contributed by atoms with E-state index in [0.717, 1.165) is 0 Å². The van der Waals surface area contributed by atoms with Gasteiger partial charge in [0.1, 0.15) is 0 Å². The molecule has 4 nitrogen and oxygen atoms in total. The summed E-state index contributed by atoms with van der Waals surface area (Å²) < 4.78 is 23.8. The third-order valence-electron chi connectivity index (χ3n) is 2.19. The largest absolute Gasteiger partial charge is 0.394 e. The van der Waals surface area contributed by atoms with Crippen molar-refractivity contribution in [1.82, 2.24) is 0 Å². The molecule has 18 heavy (non-hydrogen) atoms. The van der Waals surface area contributed by atoms with E-state index in [1.165, 1.54) is 36.0 Å². The Kier molecular flexibility index (Phi) is 6.45. The predicted octanol–water partition coefficient (Wildman–Crippen LogP) is 1.20. The van der Waals surface area contributed by atoms with Gasteiger partial charge in [0.05, 0.1) is 23.4 Å². The number of rotatable bonds is 7. The molecule has 1 aromatic carbocycles. The zero-order valence-electron chi connectivity index (χ0n) is 9.62. The molecule has 1 rings (SSSR count). The molecular formula is C11H15ClO4S2. The molecule has 0 radical (unpaired) electrons. The monoisotopic (exact) mass is 310 g/mol. The number of hydrogen-bond donors (Lipinski definition) is 2. The maximum atomic E-state index is 11.9. The van der Waals surface area contributed by atoms with Crippen molar-refractivity contribution in [2.75, 3.05) is 23.9 Å². The van der Waals surface area contributed by atoms with Crippen LogP contribution in [0.5, 0.6) is 0 Å². The van der Waals surface area contributed by atoms with Gasteiger partial charge in [0.2, 0.25) is 0 Å². The molecule has 0 fully saturated rings. The van der Waals surface area contributed by atoms with Crippen LogP contribution in [0.15, 0.2) is 29.2 Å². The minimum atomic E-state index is -3.31. The number of aliphatic hydroxyl groups excluding tert-OH is 2. The Hall–Kier alpha value is -0.270. The third kappa shape index (κ3) is 5.16. The lowest BCUT2D eigenvalue weighted by Gasteiger charge is -2.07. The zero-order chi connectivity index (χ0) is 13.6. The van der Waals surface area contributed by atoms with Gasteiger partial charge in [-0.15, -0.1) is 0 Å².